The van der Waals surface area contributed by atoms with Crippen LogP contribution in [0.2, 0.25) is 0 Å². The van der Waals surface area contributed by atoms with Gasteiger partial charge in [-0.3, -0.25) is 19.4 Å². The van der Waals surface area contributed by atoms with Gasteiger partial charge in [-0.1, -0.05) is 91.0 Å². The van der Waals surface area contributed by atoms with E-state index < -0.39 is 11.6 Å². The van der Waals surface area contributed by atoms with Gasteiger partial charge in [-0.2, -0.15) is 0 Å². The molecule has 1 N–H and O–H groups in total. The van der Waals surface area contributed by atoms with Crippen molar-refractivity contribution in [3.63, 3.8) is 0 Å². The lowest BCUT2D eigenvalue weighted by Crippen LogP contribution is -2.75. The van der Waals surface area contributed by atoms with Crippen LogP contribution in [0.15, 0.2) is 91.0 Å². The van der Waals surface area contributed by atoms with Crippen LogP contribution in [-0.4, -0.2) is 76.9 Å². The molecule has 2 unspecified atom stereocenters. The van der Waals surface area contributed by atoms with Gasteiger partial charge in [-0.15, -0.1) is 0 Å². The van der Waals surface area contributed by atoms with Crippen LogP contribution in [0.25, 0.3) is 0 Å². The highest BCUT2D eigenvalue weighted by atomic mass is 16.5. The van der Waals surface area contributed by atoms with E-state index >= 15 is 0 Å². The maximum Gasteiger partial charge on any atom is 0.248 e. The Bertz CT molecular complexity index is 1300. The van der Waals surface area contributed by atoms with Gasteiger partial charge in [0.05, 0.1) is 13.2 Å². The molecule has 6 rings (SSSR count). The highest BCUT2D eigenvalue weighted by Gasteiger charge is 2.56. The molecule has 0 aromatic heterocycles. The monoisotopic (exact) mass is 552 g/mol. The smallest absolute Gasteiger partial charge is 0.248 e. The Morgan fingerprint density at radius 2 is 1.29 bits per heavy atom. The Morgan fingerprint density at radius 3 is 1.90 bits per heavy atom. The van der Waals surface area contributed by atoms with E-state index in [1.807, 2.05) is 47.4 Å². The largest absolute Gasteiger partial charge is 0.374 e. The number of hydrogen-bond donors (Lipinski definition) is 1. The number of likely N-dealkylation sites (tertiary alicyclic amines) is 2. The van der Waals surface area contributed by atoms with Gasteiger partial charge in [0.25, 0.3) is 0 Å². The van der Waals surface area contributed by atoms with Crippen LogP contribution in [0.3, 0.4) is 0 Å². The summed E-state index contributed by atoms with van der Waals surface area (Å²) in [6.07, 6.45) is 2.16. The number of carbonyl (C=O) groups excluding carboxylic acids is 2. The molecule has 3 saturated heterocycles. The Morgan fingerprint density at radius 1 is 0.732 bits per heavy atom. The number of nitrogens with zero attached hydrogens (tertiary/aromatic N) is 3. The van der Waals surface area contributed by atoms with Crippen LogP contribution >= 0.6 is 0 Å². The molecule has 3 aromatic rings. The molecule has 41 heavy (non-hydrogen) atoms. The first-order valence-electron chi connectivity index (χ1n) is 14.9. The van der Waals surface area contributed by atoms with Crippen LogP contribution in [-0.2, 0) is 34.0 Å². The van der Waals surface area contributed by atoms with Crippen LogP contribution < -0.4 is 5.32 Å². The van der Waals surface area contributed by atoms with Gasteiger partial charge in [0.15, 0.2) is 0 Å². The molecule has 0 saturated carbocycles. The molecule has 7 nitrogen and oxygen atoms in total. The third-order valence-corrected chi connectivity index (χ3v) is 8.91. The number of hydrogen-bond acceptors (Lipinski definition) is 5. The maximum atomic E-state index is 14.2. The number of nitrogens with one attached hydrogen (secondary N) is 1. The third kappa shape index (κ3) is 6.22. The predicted octanol–water partition coefficient (Wildman–Crippen LogP) is 3.84. The topological polar surface area (TPSA) is 65.1 Å². The summed E-state index contributed by atoms with van der Waals surface area (Å²) in [4.78, 5) is 35.0. The van der Waals surface area contributed by atoms with E-state index in [0.717, 1.165) is 51.3 Å². The average Bonchev–Trinajstić information content (AvgIpc) is 3.46. The van der Waals surface area contributed by atoms with E-state index in [4.69, 9.17) is 4.74 Å². The molecule has 0 aliphatic carbocycles. The minimum atomic E-state index is -0.812. The lowest BCUT2D eigenvalue weighted by molar-refractivity contribution is -0.166. The van der Waals surface area contributed by atoms with E-state index in [9.17, 15) is 9.59 Å². The fourth-order valence-corrected chi connectivity index (χ4v) is 6.75. The van der Waals surface area contributed by atoms with Gasteiger partial charge in [-0.25, -0.2) is 0 Å². The van der Waals surface area contributed by atoms with Crippen molar-refractivity contribution in [2.75, 3.05) is 32.8 Å². The zero-order valence-electron chi connectivity index (χ0n) is 23.7. The van der Waals surface area contributed by atoms with Gasteiger partial charge in [0.1, 0.15) is 11.6 Å². The molecule has 3 aliphatic rings. The summed E-state index contributed by atoms with van der Waals surface area (Å²) >= 11 is 0. The first-order chi connectivity index (χ1) is 20.1. The summed E-state index contributed by atoms with van der Waals surface area (Å²) in [6, 6.07) is 30.2. The molecule has 7 heteroatoms. The molecule has 2 atom stereocenters. The van der Waals surface area contributed by atoms with Crippen LogP contribution in [0.4, 0.5) is 0 Å². The predicted molar refractivity (Wildman–Crippen MR) is 159 cm³/mol. The number of carbonyl (C=O) groups is 2. The summed E-state index contributed by atoms with van der Waals surface area (Å²) in [5.41, 5.74) is 2.78. The minimum absolute atomic E-state index is 0.000678. The summed E-state index contributed by atoms with van der Waals surface area (Å²) in [6.45, 7) is 5.55. The van der Waals surface area contributed by atoms with Gasteiger partial charge in [-0.05, 0) is 36.0 Å². The van der Waals surface area contributed by atoms with Gasteiger partial charge < -0.3 is 15.0 Å². The molecule has 3 aromatic carbocycles. The molecule has 3 heterocycles. The standard InChI is InChI=1S/C34H40N4O3/c39-32-31(26-41-25-29-14-8-3-9-15-29)35-33(40)34(17-20-36(21-18-34)22-27-10-4-1-5-11-27)38(32)30-16-19-37(24-30)23-28-12-6-2-7-13-28/h1-15,30-31H,16-26H2,(H,35,40). The van der Waals surface area contributed by atoms with Crippen molar-refractivity contribution in [3.05, 3.63) is 108 Å². The van der Waals surface area contributed by atoms with E-state index in [1.165, 1.54) is 11.1 Å². The molecule has 3 aliphatic heterocycles. The molecule has 1 spiro atoms. The summed E-state index contributed by atoms with van der Waals surface area (Å²) in [5.74, 6) is -0.0213. The molecule has 3 fully saturated rings. The van der Waals surface area contributed by atoms with Gasteiger partial charge in [0, 0.05) is 45.3 Å². The number of piperazine rings is 1. The van der Waals surface area contributed by atoms with E-state index in [2.05, 4.69) is 63.6 Å². The summed E-state index contributed by atoms with van der Waals surface area (Å²) < 4.78 is 5.97. The fourth-order valence-electron chi connectivity index (χ4n) is 6.75. The van der Waals surface area contributed by atoms with Crippen LogP contribution in [0.5, 0.6) is 0 Å². The Labute approximate surface area is 243 Å². The number of amides is 2. The first kappa shape index (κ1) is 27.6. The maximum absolute atomic E-state index is 14.2. The minimum Gasteiger partial charge on any atom is -0.374 e. The summed E-state index contributed by atoms with van der Waals surface area (Å²) in [5, 5.41) is 3.09. The van der Waals surface area contributed by atoms with E-state index in [-0.39, 0.29) is 24.5 Å². The molecule has 2 amide bonds. The molecule has 0 bridgehead atoms. The fraction of sp³-hybridized carbons (Fsp3) is 0.412. The van der Waals surface area contributed by atoms with Crippen molar-refractivity contribution >= 4 is 11.8 Å². The number of benzene rings is 3. The van der Waals surface area contributed by atoms with Gasteiger partial charge in [0.2, 0.25) is 11.8 Å². The van der Waals surface area contributed by atoms with Crippen LogP contribution in [0.1, 0.15) is 36.0 Å². The zero-order chi connectivity index (χ0) is 28.1. The van der Waals surface area contributed by atoms with Crippen molar-refractivity contribution < 1.29 is 14.3 Å². The summed E-state index contributed by atoms with van der Waals surface area (Å²) in [7, 11) is 0. The third-order valence-electron chi connectivity index (χ3n) is 8.91. The molecule has 0 radical (unpaired) electrons. The van der Waals surface area contributed by atoms with Crippen molar-refractivity contribution in [1.82, 2.24) is 20.0 Å². The number of piperidine rings is 1. The van der Waals surface area contributed by atoms with E-state index in [0.29, 0.717) is 19.4 Å². The highest BCUT2D eigenvalue weighted by Crippen LogP contribution is 2.37. The molecular formula is C34H40N4O3. The average molecular weight is 553 g/mol. The zero-order valence-corrected chi connectivity index (χ0v) is 23.7. The van der Waals surface area contributed by atoms with E-state index in [1.54, 1.807) is 0 Å². The lowest BCUT2D eigenvalue weighted by atomic mass is 9.80. The van der Waals surface area contributed by atoms with Crippen LogP contribution in [0, 0.1) is 0 Å². The number of ether oxygens (including phenoxy) is 1. The molecular weight excluding hydrogens is 512 g/mol. The SMILES string of the molecule is O=C1C(COCc2ccccc2)NC(=O)C2(CCN(Cc3ccccc3)CC2)N1C1CCN(Cc2ccccc2)C1. The van der Waals surface area contributed by atoms with Crippen molar-refractivity contribution in [3.8, 4) is 0 Å². The van der Waals surface area contributed by atoms with Crippen molar-refractivity contribution in [2.24, 2.45) is 0 Å². The first-order valence-corrected chi connectivity index (χ1v) is 14.9. The van der Waals surface area contributed by atoms with Crippen molar-refractivity contribution in [1.29, 1.82) is 0 Å². The Kier molecular flexibility index (Phi) is 8.46. The van der Waals surface area contributed by atoms with Gasteiger partial charge >= 0.3 is 0 Å². The Hall–Kier alpha value is -3.52. The van der Waals surface area contributed by atoms with Crippen molar-refractivity contribution in [2.45, 2.75) is 56.6 Å². The normalized spacial score (nSPS) is 23.2. The Balaban J connectivity index is 1.17. The second-order valence-electron chi connectivity index (χ2n) is 11.7. The quantitative estimate of drug-likeness (QED) is 0.437. The lowest BCUT2D eigenvalue weighted by Gasteiger charge is -2.53. The second kappa shape index (κ2) is 12.6. The highest BCUT2D eigenvalue weighted by molar-refractivity contribution is 6.00. The number of rotatable bonds is 9. The second-order valence-corrected chi connectivity index (χ2v) is 11.7. The molecule has 214 valence electrons.